The Morgan fingerprint density at radius 1 is 1.12 bits per heavy atom. The van der Waals surface area contributed by atoms with Crippen molar-refractivity contribution in [1.29, 1.82) is 0 Å². The summed E-state index contributed by atoms with van der Waals surface area (Å²) >= 11 is 1.98. The van der Waals surface area contributed by atoms with Crippen molar-refractivity contribution < 1.29 is 19.7 Å². The zero-order chi connectivity index (χ0) is 23.7. The average Bonchev–Trinajstić information content (AvgIpc) is 3.47. The summed E-state index contributed by atoms with van der Waals surface area (Å²) in [6.07, 6.45) is 15.0. The van der Waals surface area contributed by atoms with Crippen molar-refractivity contribution in [3.8, 4) is 0 Å². The molecule has 1 heterocycles. The van der Waals surface area contributed by atoms with Crippen LogP contribution in [0.2, 0.25) is 0 Å². The number of fused-ring (bicyclic) bond motifs is 1. The van der Waals surface area contributed by atoms with Crippen LogP contribution < -0.4 is 0 Å². The Balaban J connectivity index is 0.000000235. The van der Waals surface area contributed by atoms with Crippen molar-refractivity contribution in [2.45, 2.75) is 103 Å². The van der Waals surface area contributed by atoms with Crippen LogP contribution >= 0.6 is 11.3 Å². The molecule has 1 fully saturated rings. The maximum atomic E-state index is 11.2. The number of thiophene rings is 1. The molecular weight excluding hydrogens is 432 g/mol. The third-order valence-corrected chi connectivity index (χ3v) is 7.57. The van der Waals surface area contributed by atoms with E-state index in [-0.39, 0.29) is 19.2 Å². The van der Waals surface area contributed by atoms with Crippen LogP contribution in [0.25, 0.3) is 10.1 Å². The van der Waals surface area contributed by atoms with Crippen LogP contribution in [-0.4, -0.2) is 35.5 Å². The van der Waals surface area contributed by atoms with Gasteiger partial charge in [0.05, 0.1) is 12.7 Å². The summed E-state index contributed by atoms with van der Waals surface area (Å²) in [5.41, 5.74) is 0. The Hall–Kier alpha value is -1.43. The van der Waals surface area contributed by atoms with Crippen molar-refractivity contribution in [1.82, 2.24) is 0 Å². The molecule has 5 heteroatoms. The molecule has 186 valence electrons. The topological polar surface area (TPSA) is 66.8 Å². The maximum Gasteiger partial charge on any atom is 0.305 e. The van der Waals surface area contributed by atoms with Gasteiger partial charge < -0.3 is 14.9 Å². The van der Waals surface area contributed by atoms with Gasteiger partial charge in [-0.05, 0) is 49.1 Å². The van der Waals surface area contributed by atoms with Crippen LogP contribution in [0.5, 0.6) is 0 Å². The normalized spacial score (nSPS) is 14.8. The summed E-state index contributed by atoms with van der Waals surface area (Å²) in [5.74, 6) is 0.858. The summed E-state index contributed by atoms with van der Waals surface area (Å²) in [5, 5.41) is 19.2. The standard InChI is InChI=1S/C16H20S.C12H24O4/c1-2-7-13(6-1)8-5-10-15-12-14-9-3-4-11-16(14)17-15;1-2-3-4-5-6-12(15)16-10-8-11(14)7-9-13/h3-4,9,11-13H,1-2,5-8,10H2;11,13-14H,2-10H2,1H3. The summed E-state index contributed by atoms with van der Waals surface area (Å²) in [4.78, 5) is 12.8. The number of rotatable bonds is 14. The SMILES string of the molecule is CCCCCCC(=O)OCCC(O)CCO.c1ccc2sc(CCCC3CCCC3)cc2c1. The molecule has 0 radical (unpaired) electrons. The lowest BCUT2D eigenvalue weighted by molar-refractivity contribution is -0.144. The van der Waals surface area contributed by atoms with E-state index in [1.165, 1.54) is 55.0 Å². The second-order valence-corrected chi connectivity index (χ2v) is 10.4. The molecule has 2 aromatic rings. The quantitative estimate of drug-likeness (QED) is 0.226. The number of benzene rings is 1. The smallest absolute Gasteiger partial charge is 0.305 e. The van der Waals surface area contributed by atoms with Crippen molar-refractivity contribution in [3.05, 3.63) is 35.2 Å². The molecule has 1 aromatic carbocycles. The number of unbranched alkanes of at least 4 members (excludes halogenated alkanes) is 3. The molecule has 4 nitrogen and oxygen atoms in total. The van der Waals surface area contributed by atoms with Gasteiger partial charge in [-0.2, -0.15) is 0 Å². The highest BCUT2D eigenvalue weighted by atomic mass is 32.1. The largest absolute Gasteiger partial charge is 0.466 e. The summed E-state index contributed by atoms with van der Waals surface area (Å²) in [7, 11) is 0. The molecule has 1 atom stereocenters. The van der Waals surface area contributed by atoms with Gasteiger partial charge >= 0.3 is 5.97 Å². The molecule has 33 heavy (non-hydrogen) atoms. The summed E-state index contributed by atoms with van der Waals surface area (Å²) < 4.78 is 6.41. The van der Waals surface area contributed by atoms with Crippen LogP contribution in [0.1, 0.15) is 95.3 Å². The van der Waals surface area contributed by atoms with Gasteiger partial charge in [-0.25, -0.2) is 0 Å². The Labute approximate surface area is 204 Å². The van der Waals surface area contributed by atoms with Crippen LogP contribution in [0, 0.1) is 5.92 Å². The predicted octanol–water partition coefficient (Wildman–Crippen LogP) is 7.05. The molecule has 0 amide bonds. The molecule has 1 aliphatic carbocycles. The van der Waals surface area contributed by atoms with Crippen molar-refractivity contribution in [2.75, 3.05) is 13.2 Å². The number of carbonyl (C=O) groups excluding carboxylic acids is 1. The Kier molecular flexibility index (Phi) is 14.4. The third kappa shape index (κ3) is 12.0. The van der Waals surface area contributed by atoms with Gasteiger partial charge in [0.25, 0.3) is 0 Å². The minimum atomic E-state index is -0.571. The van der Waals surface area contributed by atoms with Gasteiger partial charge in [-0.15, -0.1) is 11.3 Å². The highest BCUT2D eigenvalue weighted by Gasteiger charge is 2.14. The van der Waals surface area contributed by atoms with E-state index < -0.39 is 6.10 Å². The second-order valence-electron chi connectivity index (χ2n) is 9.28. The summed E-state index contributed by atoms with van der Waals surface area (Å²) in [6, 6.07) is 11.1. The maximum absolute atomic E-state index is 11.2. The highest BCUT2D eigenvalue weighted by Crippen LogP contribution is 2.31. The van der Waals surface area contributed by atoms with E-state index in [2.05, 4.69) is 37.3 Å². The number of hydrogen-bond donors (Lipinski definition) is 2. The van der Waals surface area contributed by atoms with Gasteiger partial charge in [0.1, 0.15) is 0 Å². The molecule has 1 aromatic heterocycles. The lowest BCUT2D eigenvalue weighted by Crippen LogP contribution is -2.14. The Morgan fingerprint density at radius 2 is 1.91 bits per heavy atom. The number of hydrogen-bond acceptors (Lipinski definition) is 5. The third-order valence-electron chi connectivity index (χ3n) is 6.40. The highest BCUT2D eigenvalue weighted by molar-refractivity contribution is 7.19. The lowest BCUT2D eigenvalue weighted by atomic mass is 10.0. The van der Waals surface area contributed by atoms with E-state index in [4.69, 9.17) is 9.84 Å². The minimum absolute atomic E-state index is 0.0356. The van der Waals surface area contributed by atoms with Crippen LogP contribution in [0.4, 0.5) is 0 Å². The van der Waals surface area contributed by atoms with Crippen LogP contribution in [0.15, 0.2) is 30.3 Å². The van der Waals surface area contributed by atoms with Crippen molar-refractivity contribution >= 4 is 27.4 Å². The predicted molar refractivity (Wildman–Crippen MR) is 139 cm³/mol. The fourth-order valence-corrected chi connectivity index (χ4v) is 5.50. The van der Waals surface area contributed by atoms with E-state index in [0.29, 0.717) is 19.3 Å². The van der Waals surface area contributed by atoms with Gasteiger partial charge in [0.15, 0.2) is 0 Å². The first-order valence-electron chi connectivity index (χ1n) is 13.0. The molecule has 1 saturated carbocycles. The van der Waals surface area contributed by atoms with E-state index >= 15 is 0 Å². The van der Waals surface area contributed by atoms with Gasteiger partial charge in [0, 0.05) is 29.0 Å². The van der Waals surface area contributed by atoms with E-state index in [9.17, 15) is 9.90 Å². The molecule has 0 saturated heterocycles. The molecule has 0 aliphatic heterocycles. The van der Waals surface area contributed by atoms with Crippen LogP contribution in [-0.2, 0) is 16.0 Å². The second kappa shape index (κ2) is 17.1. The first kappa shape index (κ1) is 27.8. The molecule has 1 unspecified atom stereocenters. The molecule has 1 aliphatic rings. The van der Waals surface area contributed by atoms with Crippen LogP contribution in [0.3, 0.4) is 0 Å². The Morgan fingerprint density at radius 3 is 2.64 bits per heavy atom. The van der Waals surface area contributed by atoms with E-state index in [0.717, 1.165) is 31.6 Å². The molecule has 0 spiro atoms. The number of aliphatic hydroxyl groups is 2. The van der Waals surface area contributed by atoms with Gasteiger partial charge in [0.2, 0.25) is 0 Å². The minimum Gasteiger partial charge on any atom is -0.466 e. The van der Waals surface area contributed by atoms with Crippen molar-refractivity contribution in [2.24, 2.45) is 5.92 Å². The number of aliphatic hydroxyl groups excluding tert-OH is 2. The molecule has 2 N–H and O–H groups in total. The molecule has 0 bridgehead atoms. The first-order chi connectivity index (χ1) is 16.1. The lowest BCUT2D eigenvalue weighted by Gasteiger charge is -2.09. The number of carbonyl (C=O) groups is 1. The monoisotopic (exact) mass is 476 g/mol. The zero-order valence-corrected chi connectivity index (χ0v) is 21.3. The number of aryl methyl sites for hydroxylation is 1. The fraction of sp³-hybridized carbons (Fsp3) is 0.679. The Bertz CT molecular complexity index is 733. The number of esters is 1. The summed E-state index contributed by atoms with van der Waals surface area (Å²) in [6.45, 7) is 2.33. The van der Waals surface area contributed by atoms with E-state index in [1.807, 2.05) is 11.3 Å². The number of ether oxygens (including phenoxy) is 1. The van der Waals surface area contributed by atoms with Gasteiger partial charge in [-0.1, -0.05) is 76.5 Å². The first-order valence-corrected chi connectivity index (χ1v) is 13.9. The molecule has 3 rings (SSSR count). The average molecular weight is 477 g/mol. The fourth-order valence-electron chi connectivity index (χ4n) is 4.39. The van der Waals surface area contributed by atoms with Crippen molar-refractivity contribution in [3.63, 3.8) is 0 Å². The van der Waals surface area contributed by atoms with E-state index in [1.54, 1.807) is 4.88 Å². The molecular formula is C28H44O4S. The van der Waals surface area contributed by atoms with Gasteiger partial charge in [-0.3, -0.25) is 4.79 Å². The zero-order valence-electron chi connectivity index (χ0n) is 20.5.